The zero-order chi connectivity index (χ0) is 17.3. The van der Waals surface area contributed by atoms with Crippen LogP contribution in [0, 0.1) is 6.92 Å². The van der Waals surface area contributed by atoms with Crippen molar-refractivity contribution in [2.24, 2.45) is 0 Å². The average molecular weight is 346 g/mol. The predicted molar refractivity (Wildman–Crippen MR) is 96.6 cm³/mol. The van der Waals surface area contributed by atoms with Crippen LogP contribution in [-0.4, -0.2) is 28.6 Å². The molecule has 24 heavy (non-hydrogen) atoms. The van der Waals surface area contributed by atoms with Gasteiger partial charge in [0.1, 0.15) is 12.4 Å². The van der Waals surface area contributed by atoms with Crippen molar-refractivity contribution in [1.82, 2.24) is 0 Å². The molecule has 0 amide bonds. The predicted octanol–water partition coefficient (Wildman–Crippen LogP) is 3.19. The second-order valence-corrected chi connectivity index (χ2v) is 7.67. The molecule has 0 atom stereocenters. The molecule has 0 spiro atoms. The number of nitrogens with zero attached hydrogens (tertiary/aromatic N) is 1. The summed E-state index contributed by atoms with van der Waals surface area (Å²) in [5, 5.41) is 0. The Hall–Kier alpha value is -2.21. The fraction of sp³-hybridized carbons (Fsp3) is 0.333. The van der Waals surface area contributed by atoms with Gasteiger partial charge in [0.25, 0.3) is 10.0 Å². The van der Waals surface area contributed by atoms with Crippen LogP contribution in [0.25, 0.3) is 0 Å². The second kappa shape index (κ2) is 6.36. The molecule has 6 heteroatoms. The number of sulfonamides is 1. The molecule has 5 nitrogen and oxygen atoms in total. The van der Waals surface area contributed by atoms with Crippen molar-refractivity contribution in [3.05, 3.63) is 47.5 Å². The SMILES string of the molecule is CCc1cccc(NS(=O)(=O)c2cc3c(cc2C)N(C)CCO3)c1. The van der Waals surface area contributed by atoms with Crippen LogP contribution in [0.5, 0.6) is 5.75 Å². The van der Waals surface area contributed by atoms with Crippen LogP contribution in [0.1, 0.15) is 18.1 Å². The monoisotopic (exact) mass is 346 g/mol. The van der Waals surface area contributed by atoms with Gasteiger partial charge in [-0.1, -0.05) is 19.1 Å². The molecule has 0 aromatic heterocycles. The van der Waals surface area contributed by atoms with Gasteiger partial charge in [0.2, 0.25) is 0 Å². The third-order valence-electron chi connectivity index (χ3n) is 4.23. The molecular formula is C18H22N2O3S. The molecule has 1 N–H and O–H groups in total. The summed E-state index contributed by atoms with van der Waals surface area (Å²) in [6, 6.07) is 10.9. The summed E-state index contributed by atoms with van der Waals surface area (Å²) in [6.45, 7) is 5.19. The smallest absolute Gasteiger partial charge is 0.262 e. The normalized spacial score (nSPS) is 14.0. The van der Waals surface area contributed by atoms with E-state index in [9.17, 15) is 8.42 Å². The number of anilines is 2. The summed E-state index contributed by atoms with van der Waals surface area (Å²) in [5.41, 5.74) is 3.28. The highest BCUT2D eigenvalue weighted by Gasteiger charge is 2.23. The molecule has 2 aromatic carbocycles. The number of benzene rings is 2. The van der Waals surface area contributed by atoms with Crippen molar-refractivity contribution in [3.63, 3.8) is 0 Å². The van der Waals surface area contributed by atoms with Crippen LogP contribution >= 0.6 is 0 Å². The number of aryl methyl sites for hydroxylation is 2. The van der Waals surface area contributed by atoms with Gasteiger partial charge in [-0.05, 0) is 42.7 Å². The lowest BCUT2D eigenvalue weighted by molar-refractivity contribution is 0.310. The maximum atomic E-state index is 12.8. The minimum Gasteiger partial charge on any atom is -0.490 e. The van der Waals surface area contributed by atoms with E-state index >= 15 is 0 Å². The third kappa shape index (κ3) is 3.19. The molecule has 2 aromatic rings. The molecule has 1 aliphatic heterocycles. The lowest BCUT2D eigenvalue weighted by Crippen LogP contribution is -2.29. The van der Waals surface area contributed by atoms with Crippen LogP contribution < -0.4 is 14.4 Å². The maximum Gasteiger partial charge on any atom is 0.262 e. The molecule has 0 saturated heterocycles. The van der Waals surface area contributed by atoms with Gasteiger partial charge in [0.15, 0.2) is 0 Å². The Morgan fingerprint density at radius 1 is 1.25 bits per heavy atom. The number of likely N-dealkylation sites (N-methyl/N-ethyl adjacent to an activating group) is 1. The van der Waals surface area contributed by atoms with E-state index in [0.29, 0.717) is 23.6 Å². The molecule has 0 bridgehead atoms. The number of hydrogen-bond donors (Lipinski definition) is 1. The number of ether oxygens (including phenoxy) is 1. The topological polar surface area (TPSA) is 58.6 Å². The van der Waals surface area contributed by atoms with Crippen molar-refractivity contribution in [1.29, 1.82) is 0 Å². The lowest BCUT2D eigenvalue weighted by Gasteiger charge is -2.28. The summed E-state index contributed by atoms with van der Waals surface area (Å²) in [5.74, 6) is 0.608. The first-order chi connectivity index (χ1) is 11.4. The second-order valence-electron chi connectivity index (χ2n) is 6.01. The summed E-state index contributed by atoms with van der Waals surface area (Å²) >= 11 is 0. The number of rotatable bonds is 4. The Morgan fingerprint density at radius 3 is 2.79 bits per heavy atom. The minimum atomic E-state index is -3.67. The Labute approximate surface area is 143 Å². The largest absolute Gasteiger partial charge is 0.490 e. The van der Waals surface area contributed by atoms with Gasteiger partial charge in [-0.3, -0.25) is 4.72 Å². The summed E-state index contributed by atoms with van der Waals surface area (Å²) in [6.07, 6.45) is 0.855. The summed E-state index contributed by atoms with van der Waals surface area (Å²) in [4.78, 5) is 2.32. The first kappa shape index (κ1) is 16.6. The zero-order valence-electron chi connectivity index (χ0n) is 14.2. The Bertz CT molecular complexity index is 863. The van der Waals surface area contributed by atoms with Gasteiger partial charge >= 0.3 is 0 Å². The summed E-state index contributed by atoms with van der Waals surface area (Å²) < 4.78 is 33.9. The van der Waals surface area contributed by atoms with Crippen molar-refractivity contribution in [2.75, 3.05) is 29.8 Å². The molecule has 0 saturated carbocycles. The lowest BCUT2D eigenvalue weighted by atomic mass is 10.1. The van der Waals surface area contributed by atoms with E-state index in [0.717, 1.165) is 24.2 Å². The van der Waals surface area contributed by atoms with Crippen molar-refractivity contribution in [2.45, 2.75) is 25.2 Å². The Morgan fingerprint density at radius 2 is 2.04 bits per heavy atom. The quantitative estimate of drug-likeness (QED) is 0.924. The highest BCUT2D eigenvalue weighted by molar-refractivity contribution is 7.92. The van der Waals surface area contributed by atoms with E-state index in [1.165, 1.54) is 0 Å². The standard InChI is InChI=1S/C18H22N2O3S/c1-4-14-6-5-7-15(11-14)19-24(21,22)18-12-17-16(10-13(18)2)20(3)8-9-23-17/h5-7,10-12,19H,4,8-9H2,1-3H3. The zero-order valence-corrected chi connectivity index (χ0v) is 15.0. The van der Waals surface area contributed by atoms with Gasteiger partial charge < -0.3 is 9.64 Å². The molecule has 0 radical (unpaired) electrons. The average Bonchev–Trinajstić information content (AvgIpc) is 2.55. The van der Waals surface area contributed by atoms with E-state index < -0.39 is 10.0 Å². The Kier molecular flexibility index (Phi) is 4.41. The van der Waals surface area contributed by atoms with Crippen LogP contribution in [0.3, 0.4) is 0 Å². The van der Waals surface area contributed by atoms with Gasteiger partial charge in [0, 0.05) is 18.8 Å². The number of fused-ring (bicyclic) bond motifs is 1. The maximum absolute atomic E-state index is 12.8. The van der Waals surface area contributed by atoms with Crippen molar-refractivity contribution < 1.29 is 13.2 Å². The minimum absolute atomic E-state index is 0.249. The van der Waals surface area contributed by atoms with Crippen molar-refractivity contribution >= 4 is 21.4 Å². The molecule has 0 aliphatic carbocycles. The molecule has 128 valence electrons. The highest BCUT2D eigenvalue weighted by atomic mass is 32.2. The van der Waals surface area contributed by atoms with Crippen LogP contribution in [0.2, 0.25) is 0 Å². The van der Waals surface area contributed by atoms with Gasteiger partial charge in [-0.25, -0.2) is 8.42 Å². The van der Waals surface area contributed by atoms with Crippen LogP contribution in [-0.2, 0) is 16.4 Å². The van der Waals surface area contributed by atoms with E-state index in [1.807, 2.05) is 38.2 Å². The first-order valence-electron chi connectivity index (χ1n) is 8.01. The van der Waals surface area contributed by atoms with E-state index in [2.05, 4.69) is 9.62 Å². The molecule has 1 heterocycles. The van der Waals surface area contributed by atoms with Crippen LogP contribution in [0.15, 0.2) is 41.3 Å². The number of nitrogens with one attached hydrogen (secondary N) is 1. The van der Waals surface area contributed by atoms with E-state index in [1.54, 1.807) is 19.1 Å². The van der Waals surface area contributed by atoms with E-state index in [4.69, 9.17) is 4.74 Å². The number of hydrogen-bond acceptors (Lipinski definition) is 4. The third-order valence-corrected chi connectivity index (χ3v) is 5.75. The van der Waals surface area contributed by atoms with Gasteiger partial charge in [0.05, 0.1) is 17.1 Å². The Balaban J connectivity index is 1.97. The fourth-order valence-corrected chi connectivity index (χ4v) is 4.13. The molecule has 0 unspecified atom stereocenters. The van der Waals surface area contributed by atoms with Gasteiger partial charge in [-0.15, -0.1) is 0 Å². The first-order valence-corrected chi connectivity index (χ1v) is 9.49. The van der Waals surface area contributed by atoms with Crippen LogP contribution in [0.4, 0.5) is 11.4 Å². The molecule has 1 aliphatic rings. The molecule has 0 fully saturated rings. The fourth-order valence-electron chi connectivity index (χ4n) is 2.84. The van der Waals surface area contributed by atoms with E-state index in [-0.39, 0.29) is 4.90 Å². The highest BCUT2D eigenvalue weighted by Crippen LogP contribution is 2.35. The molecule has 3 rings (SSSR count). The molecular weight excluding hydrogens is 324 g/mol. The summed E-state index contributed by atoms with van der Waals surface area (Å²) in [7, 11) is -1.69. The van der Waals surface area contributed by atoms with Crippen molar-refractivity contribution in [3.8, 4) is 5.75 Å². The van der Waals surface area contributed by atoms with Gasteiger partial charge in [-0.2, -0.15) is 0 Å².